The van der Waals surface area contributed by atoms with E-state index in [1.807, 2.05) is 25.1 Å². The number of aliphatic hydroxyl groups is 2. The summed E-state index contributed by atoms with van der Waals surface area (Å²) in [6.45, 7) is 4.29. The summed E-state index contributed by atoms with van der Waals surface area (Å²) in [6.07, 6.45) is 5.22. The number of nitrogens with zero attached hydrogens (tertiary/aromatic N) is 4. The third-order valence-corrected chi connectivity index (χ3v) is 8.07. The van der Waals surface area contributed by atoms with Crippen LogP contribution in [0.5, 0.6) is 0 Å². The van der Waals surface area contributed by atoms with Crippen molar-refractivity contribution in [3.63, 3.8) is 0 Å². The molecule has 1 amide bonds. The van der Waals surface area contributed by atoms with Gasteiger partial charge >= 0.3 is 0 Å². The fourth-order valence-corrected chi connectivity index (χ4v) is 5.95. The number of thiazole rings is 1. The third kappa shape index (κ3) is 4.68. The van der Waals surface area contributed by atoms with E-state index >= 15 is 0 Å². The minimum absolute atomic E-state index is 0.00822. The predicted octanol–water partition coefficient (Wildman–Crippen LogP) is 1.84. The minimum atomic E-state index is -0.727. The van der Waals surface area contributed by atoms with Crippen LogP contribution in [0.1, 0.15) is 36.1 Å². The van der Waals surface area contributed by atoms with Gasteiger partial charge in [-0.05, 0) is 44.7 Å². The van der Waals surface area contributed by atoms with Crippen LogP contribution >= 0.6 is 11.3 Å². The largest absolute Gasteiger partial charge is 0.394 e. The Kier molecular flexibility index (Phi) is 6.57. The summed E-state index contributed by atoms with van der Waals surface area (Å²) in [4.78, 5) is 20.0. The van der Waals surface area contributed by atoms with Crippen LogP contribution in [0.4, 0.5) is 5.82 Å². The first-order valence-corrected chi connectivity index (χ1v) is 12.8. The van der Waals surface area contributed by atoms with Crippen LogP contribution in [0, 0.1) is 6.92 Å². The van der Waals surface area contributed by atoms with Gasteiger partial charge in [0.25, 0.3) is 0 Å². The molecule has 9 nitrogen and oxygen atoms in total. The van der Waals surface area contributed by atoms with Gasteiger partial charge in [-0.3, -0.25) is 19.4 Å². The molecule has 0 bridgehead atoms. The Bertz CT molecular complexity index is 1130. The first kappa shape index (κ1) is 23.2. The van der Waals surface area contributed by atoms with Crippen LogP contribution < -0.4 is 10.6 Å². The van der Waals surface area contributed by atoms with Gasteiger partial charge in [0.1, 0.15) is 5.60 Å². The highest BCUT2D eigenvalue weighted by atomic mass is 32.1. The zero-order valence-corrected chi connectivity index (χ0v) is 20.2. The van der Waals surface area contributed by atoms with E-state index in [0.717, 1.165) is 60.1 Å². The van der Waals surface area contributed by atoms with Crippen molar-refractivity contribution in [2.24, 2.45) is 0 Å². The van der Waals surface area contributed by atoms with Crippen LogP contribution in [0.25, 0.3) is 10.9 Å². The number of benzene rings is 1. The van der Waals surface area contributed by atoms with Crippen LogP contribution in [0.3, 0.4) is 0 Å². The second-order valence-electron chi connectivity index (χ2n) is 9.52. The summed E-state index contributed by atoms with van der Waals surface area (Å²) >= 11 is 1.53. The number of aliphatic hydroxyl groups excluding tert-OH is 1. The molecule has 1 aliphatic heterocycles. The van der Waals surface area contributed by atoms with Crippen molar-refractivity contribution in [1.29, 1.82) is 0 Å². The molecule has 3 aromatic rings. The molecule has 2 aromatic heterocycles. The maximum atomic E-state index is 12.6. The Hall–Kier alpha value is -2.53. The fourth-order valence-electron chi connectivity index (χ4n) is 5.17. The first-order chi connectivity index (χ1) is 16.4. The minimum Gasteiger partial charge on any atom is -0.394 e. The summed E-state index contributed by atoms with van der Waals surface area (Å²) in [5, 5.41) is 32.0. The van der Waals surface area contributed by atoms with E-state index in [1.165, 1.54) is 11.3 Å². The standard InChI is InChI=1S/C24H32N6O3S/c1-16-2-3-20-19(10-16)23(28-30(20)8-9-31)26-12-22(32)27-17-13-29(14-17)18-4-6-24(33,7-5-18)21-11-25-15-34-21/h2-3,10-11,15,17-18,31,33H,4-9,12-14H2,1H3,(H,26,28)(H,27,32). The lowest BCUT2D eigenvalue weighted by Crippen LogP contribution is -2.63. The van der Waals surface area contributed by atoms with Crippen LogP contribution in [-0.4, -0.2) is 74.1 Å². The van der Waals surface area contributed by atoms with E-state index in [1.54, 1.807) is 16.4 Å². The number of aryl methyl sites for hydroxylation is 1. The molecule has 0 spiro atoms. The van der Waals surface area contributed by atoms with E-state index in [9.17, 15) is 15.0 Å². The average molecular weight is 485 g/mol. The molecule has 2 fully saturated rings. The lowest BCUT2D eigenvalue weighted by Gasteiger charge is -2.48. The van der Waals surface area contributed by atoms with Gasteiger partial charge in [-0.25, -0.2) is 0 Å². The molecule has 34 heavy (non-hydrogen) atoms. The summed E-state index contributed by atoms with van der Waals surface area (Å²) in [6, 6.07) is 6.67. The molecule has 1 saturated heterocycles. The van der Waals surface area contributed by atoms with Gasteiger partial charge in [-0.1, -0.05) is 11.6 Å². The quantitative estimate of drug-likeness (QED) is 0.386. The lowest BCUT2D eigenvalue weighted by molar-refractivity contribution is -0.121. The maximum Gasteiger partial charge on any atom is 0.239 e. The van der Waals surface area contributed by atoms with E-state index in [-0.39, 0.29) is 25.1 Å². The molecule has 2 aliphatic rings. The molecule has 1 aliphatic carbocycles. The number of nitrogens with one attached hydrogen (secondary N) is 2. The van der Waals surface area contributed by atoms with Crippen LogP contribution in [0.2, 0.25) is 0 Å². The highest BCUT2D eigenvalue weighted by Gasteiger charge is 2.41. The second kappa shape index (κ2) is 9.61. The molecular weight excluding hydrogens is 452 g/mol. The Balaban J connectivity index is 1.09. The monoisotopic (exact) mass is 484 g/mol. The maximum absolute atomic E-state index is 12.6. The van der Waals surface area contributed by atoms with Gasteiger partial charge in [0.05, 0.1) is 41.6 Å². The molecule has 0 unspecified atom stereocenters. The highest BCUT2D eigenvalue weighted by molar-refractivity contribution is 7.09. The lowest BCUT2D eigenvalue weighted by atomic mass is 9.80. The fraction of sp³-hybridized carbons (Fsp3) is 0.542. The Morgan fingerprint density at radius 1 is 1.29 bits per heavy atom. The number of aromatic nitrogens is 3. The van der Waals surface area contributed by atoms with Gasteiger partial charge < -0.3 is 20.8 Å². The molecule has 5 rings (SSSR count). The van der Waals surface area contributed by atoms with E-state index in [2.05, 4.69) is 25.6 Å². The number of carbonyl (C=O) groups excluding carboxylic acids is 1. The predicted molar refractivity (Wildman–Crippen MR) is 132 cm³/mol. The molecule has 0 atom stereocenters. The van der Waals surface area contributed by atoms with Crippen LogP contribution in [-0.2, 0) is 16.9 Å². The van der Waals surface area contributed by atoms with Crippen molar-refractivity contribution >= 4 is 34.0 Å². The average Bonchev–Trinajstić information content (AvgIpc) is 3.45. The van der Waals surface area contributed by atoms with E-state index < -0.39 is 5.60 Å². The Morgan fingerprint density at radius 3 is 2.79 bits per heavy atom. The molecule has 0 radical (unpaired) electrons. The molecule has 1 saturated carbocycles. The van der Waals surface area contributed by atoms with Crippen molar-refractivity contribution in [2.45, 2.75) is 56.8 Å². The van der Waals surface area contributed by atoms with Crippen molar-refractivity contribution in [2.75, 3.05) is 31.6 Å². The second-order valence-corrected chi connectivity index (χ2v) is 10.4. The summed E-state index contributed by atoms with van der Waals surface area (Å²) < 4.78 is 1.76. The molecule has 10 heteroatoms. The SMILES string of the molecule is Cc1ccc2c(c1)c(NCC(=O)NC1CN(C3CCC(O)(c4cncs4)CC3)C1)nn2CCO. The smallest absolute Gasteiger partial charge is 0.239 e. The molecule has 4 N–H and O–H groups in total. The zero-order chi connectivity index (χ0) is 23.7. The molecular formula is C24H32N6O3S. The molecule has 1 aromatic carbocycles. The number of hydrogen-bond acceptors (Lipinski definition) is 8. The number of likely N-dealkylation sites (tertiary alicyclic amines) is 1. The van der Waals surface area contributed by atoms with Crippen LogP contribution in [0.15, 0.2) is 29.9 Å². The van der Waals surface area contributed by atoms with Crippen molar-refractivity contribution in [1.82, 2.24) is 25.0 Å². The van der Waals surface area contributed by atoms with Gasteiger partial charge in [-0.15, -0.1) is 11.3 Å². The van der Waals surface area contributed by atoms with Gasteiger partial charge in [0.2, 0.25) is 5.91 Å². The van der Waals surface area contributed by atoms with E-state index in [0.29, 0.717) is 18.4 Å². The number of carbonyl (C=O) groups is 1. The number of anilines is 1. The van der Waals surface area contributed by atoms with Crippen molar-refractivity contribution < 1.29 is 15.0 Å². The van der Waals surface area contributed by atoms with Crippen molar-refractivity contribution in [3.8, 4) is 0 Å². The number of hydrogen-bond donors (Lipinski definition) is 4. The van der Waals surface area contributed by atoms with Crippen molar-refractivity contribution in [3.05, 3.63) is 40.3 Å². The van der Waals surface area contributed by atoms with Gasteiger partial charge in [0, 0.05) is 30.7 Å². The third-order valence-electron chi connectivity index (χ3n) is 7.10. The summed E-state index contributed by atoms with van der Waals surface area (Å²) in [5.41, 5.74) is 3.11. The molecule has 3 heterocycles. The summed E-state index contributed by atoms with van der Waals surface area (Å²) in [7, 11) is 0. The normalized spacial score (nSPS) is 23.7. The van der Waals surface area contributed by atoms with Gasteiger partial charge in [0.15, 0.2) is 5.82 Å². The number of fused-ring (bicyclic) bond motifs is 1. The Morgan fingerprint density at radius 2 is 2.09 bits per heavy atom. The van der Waals surface area contributed by atoms with E-state index in [4.69, 9.17) is 0 Å². The molecule has 182 valence electrons. The Labute approximate surface area is 202 Å². The zero-order valence-electron chi connectivity index (χ0n) is 19.4. The van der Waals surface area contributed by atoms with Gasteiger partial charge in [-0.2, -0.15) is 5.10 Å². The first-order valence-electron chi connectivity index (χ1n) is 11.9. The number of amides is 1. The number of rotatable bonds is 8. The topological polar surface area (TPSA) is 116 Å². The summed E-state index contributed by atoms with van der Waals surface area (Å²) in [5.74, 6) is 0.610. The highest BCUT2D eigenvalue weighted by Crippen LogP contribution is 2.40.